The highest BCUT2D eigenvalue weighted by Gasteiger charge is 2.52. The number of anilines is 1. The third-order valence-electron chi connectivity index (χ3n) is 4.87. The van der Waals surface area contributed by atoms with Gasteiger partial charge >= 0.3 is 0 Å². The minimum absolute atomic E-state index is 0.0515. The van der Waals surface area contributed by atoms with E-state index in [9.17, 15) is 14.0 Å². The molecule has 0 radical (unpaired) electrons. The van der Waals surface area contributed by atoms with Crippen LogP contribution in [0.25, 0.3) is 10.9 Å². The van der Waals surface area contributed by atoms with Crippen molar-refractivity contribution in [2.45, 2.75) is 25.2 Å². The number of aromatic amines is 1. The van der Waals surface area contributed by atoms with Gasteiger partial charge in [-0.2, -0.15) is 0 Å². The second-order valence-corrected chi connectivity index (χ2v) is 6.57. The second kappa shape index (κ2) is 5.55. The van der Waals surface area contributed by atoms with Crippen LogP contribution < -0.4 is 5.32 Å². The lowest BCUT2D eigenvalue weighted by molar-refractivity contribution is -0.118. The summed E-state index contributed by atoms with van der Waals surface area (Å²) >= 11 is 0. The van der Waals surface area contributed by atoms with Crippen molar-refractivity contribution >= 4 is 28.3 Å². The number of amides is 1. The predicted molar refractivity (Wildman–Crippen MR) is 94.2 cm³/mol. The molecule has 1 amide bonds. The van der Waals surface area contributed by atoms with Gasteiger partial charge in [0.15, 0.2) is 5.78 Å². The van der Waals surface area contributed by atoms with Crippen LogP contribution in [0.5, 0.6) is 0 Å². The van der Waals surface area contributed by atoms with Gasteiger partial charge in [0.05, 0.1) is 5.41 Å². The second-order valence-electron chi connectivity index (χ2n) is 6.57. The number of fused-ring (bicyclic) bond motifs is 1. The Morgan fingerprint density at radius 3 is 2.68 bits per heavy atom. The van der Waals surface area contributed by atoms with Gasteiger partial charge in [-0.05, 0) is 55.7 Å². The van der Waals surface area contributed by atoms with Crippen LogP contribution in [0.4, 0.5) is 10.1 Å². The minimum atomic E-state index is -0.641. The molecule has 25 heavy (non-hydrogen) atoms. The molecule has 0 bridgehead atoms. The summed E-state index contributed by atoms with van der Waals surface area (Å²) in [5, 5.41) is 3.65. The fraction of sp³-hybridized carbons (Fsp3) is 0.200. The molecule has 3 aromatic rings. The molecule has 126 valence electrons. The molecule has 1 aliphatic rings. The lowest BCUT2D eigenvalue weighted by atomic mass is 9.94. The Labute approximate surface area is 144 Å². The van der Waals surface area contributed by atoms with Crippen molar-refractivity contribution in [1.82, 2.24) is 4.98 Å². The highest BCUT2D eigenvalue weighted by atomic mass is 19.1. The number of benzene rings is 2. The largest absolute Gasteiger partial charge is 0.361 e. The van der Waals surface area contributed by atoms with Crippen molar-refractivity contribution in [3.05, 3.63) is 65.6 Å². The Morgan fingerprint density at radius 1 is 1.16 bits per heavy atom. The number of rotatable bonds is 4. The number of nitrogens with one attached hydrogen (secondary N) is 2. The molecule has 2 N–H and O–H groups in total. The van der Waals surface area contributed by atoms with Gasteiger partial charge in [-0.25, -0.2) is 4.39 Å². The zero-order valence-electron chi connectivity index (χ0n) is 13.7. The monoisotopic (exact) mass is 336 g/mol. The van der Waals surface area contributed by atoms with E-state index in [1.165, 1.54) is 19.1 Å². The van der Waals surface area contributed by atoms with Gasteiger partial charge in [0.25, 0.3) is 0 Å². The van der Waals surface area contributed by atoms with Crippen molar-refractivity contribution in [1.29, 1.82) is 0 Å². The zero-order valence-corrected chi connectivity index (χ0v) is 13.7. The van der Waals surface area contributed by atoms with Crippen LogP contribution in [0.2, 0.25) is 0 Å². The third kappa shape index (κ3) is 2.61. The van der Waals surface area contributed by atoms with Gasteiger partial charge in [-0.15, -0.1) is 0 Å². The normalized spacial score (nSPS) is 15.1. The Hall–Kier alpha value is -2.95. The molecule has 1 heterocycles. The molecule has 0 saturated heterocycles. The smallest absolute Gasteiger partial charge is 0.235 e. The maximum absolute atomic E-state index is 13.6. The van der Waals surface area contributed by atoms with Crippen molar-refractivity contribution in [2.24, 2.45) is 0 Å². The fourth-order valence-electron chi connectivity index (χ4n) is 3.30. The Bertz CT molecular complexity index is 1000. The van der Waals surface area contributed by atoms with Gasteiger partial charge in [0, 0.05) is 28.4 Å². The number of carbonyl (C=O) groups is 2. The van der Waals surface area contributed by atoms with Crippen molar-refractivity contribution in [2.75, 3.05) is 5.32 Å². The SMILES string of the molecule is CC(=O)c1cccc(NC(=O)C2(c3c[nH]c4ccc(F)cc34)CC2)c1. The van der Waals surface area contributed by atoms with E-state index in [4.69, 9.17) is 0 Å². The summed E-state index contributed by atoms with van der Waals surface area (Å²) in [6.07, 6.45) is 3.23. The van der Waals surface area contributed by atoms with Crippen LogP contribution in [0.3, 0.4) is 0 Å². The molecular formula is C20H17FN2O2. The maximum atomic E-state index is 13.6. The first-order valence-corrected chi connectivity index (χ1v) is 8.19. The topological polar surface area (TPSA) is 62.0 Å². The van der Waals surface area contributed by atoms with Gasteiger partial charge in [-0.3, -0.25) is 9.59 Å². The fourth-order valence-corrected chi connectivity index (χ4v) is 3.30. The molecular weight excluding hydrogens is 319 g/mol. The average Bonchev–Trinajstić information content (AvgIpc) is 3.29. The van der Waals surface area contributed by atoms with E-state index < -0.39 is 5.41 Å². The number of ketones is 1. The molecule has 5 heteroatoms. The number of aromatic nitrogens is 1. The minimum Gasteiger partial charge on any atom is -0.361 e. The molecule has 0 atom stereocenters. The molecule has 2 aromatic carbocycles. The molecule has 1 aromatic heterocycles. The summed E-state index contributed by atoms with van der Waals surface area (Å²) in [5.74, 6) is -0.499. The van der Waals surface area contributed by atoms with E-state index in [0.717, 1.165) is 16.5 Å². The molecule has 1 fully saturated rings. The van der Waals surface area contributed by atoms with E-state index in [2.05, 4.69) is 10.3 Å². The number of hydrogen-bond acceptors (Lipinski definition) is 2. The van der Waals surface area contributed by atoms with Crippen LogP contribution in [-0.4, -0.2) is 16.7 Å². The lowest BCUT2D eigenvalue weighted by Gasteiger charge is -2.15. The molecule has 0 spiro atoms. The number of hydrogen-bond donors (Lipinski definition) is 2. The molecule has 1 aliphatic carbocycles. The van der Waals surface area contributed by atoms with Crippen LogP contribution in [0.15, 0.2) is 48.7 Å². The number of halogens is 1. The molecule has 0 unspecified atom stereocenters. The van der Waals surface area contributed by atoms with E-state index in [1.807, 2.05) is 0 Å². The van der Waals surface area contributed by atoms with Gasteiger partial charge in [0.1, 0.15) is 5.82 Å². The molecule has 1 saturated carbocycles. The predicted octanol–water partition coefficient (Wildman–Crippen LogP) is 4.18. The van der Waals surface area contributed by atoms with Crippen LogP contribution >= 0.6 is 0 Å². The van der Waals surface area contributed by atoms with Crippen LogP contribution in [0, 0.1) is 5.82 Å². The number of carbonyl (C=O) groups excluding carboxylic acids is 2. The summed E-state index contributed by atoms with van der Waals surface area (Å²) in [4.78, 5) is 27.5. The Morgan fingerprint density at radius 2 is 1.96 bits per heavy atom. The first kappa shape index (κ1) is 15.6. The Kier molecular flexibility index (Phi) is 3.46. The van der Waals surface area contributed by atoms with E-state index in [-0.39, 0.29) is 17.5 Å². The van der Waals surface area contributed by atoms with E-state index in [0.29, 0.717) is 24.1 Å². The zero-order chi connectivity index (χ0) is 17.6. The van der Waals surface area contributed by atoms with Gasteiger partial charge < -0.3 is 10.3 Å². The summed E-state index contributed by atoms with van der Waals surface area (Å²) in [5.41, 5.74) is 2.14. The summed E-state index contributed by atoms with van der Waals surface area (Å²) in [6.45, 7) is 1.49. The van der Waals surface area contributed by atoms with Crippen molar-refractivity contribution < 1.29 is 14.0 Å². The van der Waals surface area contributed by atoms with E-state index in [1.54, 1.807) is 36.5 Å². The standard InChI is InChI=1S/C20H17FN2O2/c1-12(24)13-3-2-4-15(9-13)23-19(25)20(7-8-20)17-11-22-18-6-5-14(21)10-16(17)18/h2-6,9-11,22H,7-8H2,1H3,(H,23,25). The van der Waals surface area contributed by atoms with E-state index >= 15 is 0 Å². The van der Waals surface area contributed by atoms with Crippen LogP contribution in [0.1, 0.15) is 35.7 Å². The molecule has 0 aliphatic heterocycles. The summed E-state index contributed by atoms with van der Waals surface area (Å²) in [7, 11) is 0. The first-order valence-electron chi connectivity index (χ1n) is 8.19. The third-order valence-corrected chi connectivity index (χ3v) is 4.87. The molecule has 4 nitrogen and oxygen atoms in total. The van der Waals surface area contributed by atoms with Crippen molar-refractivity contribution in [3.63, 3.8) is 0 Å². The summed E-state index contributed by atoms with van der Waals surface area (Å²) in [6, 6.07) is 11.4. The number of H-pyrrole nitrogens is 1. The average molecular weight is 336 g/mol. The highest BCUT2D eigenvalue weighted by molar-refractivity contribution is 6.05. The number of Topliss-reactive ketones (excluding diaryl/α,β-unsaturated/α-hetero) is 1. The summed E-state index contributed by atoms with van der Waals surface area (Å²) < 4.78 is 13.6. The van der Waals surface area contributed by atoms with Crippen molar-refractivity contribution in [3.8, 4) is 0 Å². The Balaban J connectivity index is 1.66. The van der Waals surface area contributed by atoms with Gasteiger partial charge in [-0.1, -0.05) is 12.1 Å². The van der Waals surface area contributed by atoms with Gasteiger partial charge in [0.2, 0.25) is 5.91 Å². The highest BCUT2D eigenvalue weighted by Crippen LogP contribution is 2.51. The lowest BCUT2D eigenvalue weighted by Crippen LogP contribution is -2.27. The quantitative estimate of drug-likeness (QED) is 0.702. The molecule has 4 rings (SSSR count). The van der Waals surface area contributed by atoms with Crippen LogP contribution in [-0.2, 0) is 10.2 Å². The maximum Gasteiger partial charge on any atom is 0.235 e. The first-order chi connectivity index (χ1) is 12.0.